The van der Waals surface area contributed by atoms with Gasteiger partial charge in [-0.15, -0.1) is 0 Å². The van der Waals surface area contributed by atoms with Crippen LogP contribution >= 0.6 is 0 Å². The predicted octanol–water partition coefficient (Wildman–Crippen LogP) is 2.79. The second kappa shape index (κ2) is 3.84. The van der Waals surface area contributed by atoms with Crippen molar-refractivity contribution in [2.75, 3.05) is 0 Å². The minimum absolute atomic E-state index is 0.673. The van der Waals surface area contributed by atoms with E-state index in [2.05, 4.69) is 27.7 Å². The van der Waals surface area contributed by atoms with E-state index in [0.29, 0.717) is 3.43 Å². The quantitative estimate of drug-likeness (QED) is 0.656. The molecule has 1 heteroatoms. The zero-order valence-electron chi connectivity index (χ0n) is 6.99. The summed E-state index contributed by atoms with van der Waals surface area (Å²) < 4.78 is 0.673. The van der Waals surface area contributed by atoms with Crippen LogP contribution in [-0.2, 0) is 0 Å². The van der Waals surface area contributed by atoms with E-state index in [9.17, 15) is 0 Å². The van der Waals surface area contributed by atoms with Crippen LogP contribution in [0.5, 0.6) is 0 Å². The third-order valence-corrected chi connectivity index (χ3v) is 6.03. The van der Waals surface area contributed by atoms with Crippen molar-refractivity contribution in [2.45, 2.75) is 44.0 Å². The van der Waals surface area contributed by atoms with Crippen LogP contribution in [0, 0.1) is 5.92 Å². The predicted molar refractivity (Wildman–Crippen MR) is 43.9 cm³/mol. The third kappa shape index (κ3) is 2.48. The normalized spacial score (nSPS) is 12.7. The molecular formula is C8H17Sn. The summed E-state index contributed by atoms with van der Waals surface area (Å²) in [5.41, 5.74) is 0. The maximum absolute atomic E-state index is 2.34. The molecule has 0 amide bonds. The Kier molecular flexibility index (Phi) is 4.19. The van der Waals surface area contributed by atoms with Gasteiger partial charge in [-0.2, -0.15) is 0 Å². The fourth-order valence-corrected chi connectivity index (χ4v) is 1.07. The molecular weight excluding hydrogens is 215 g/mol. The second-order valence-corrected chi connectivity index (χ2v) is 5.86. The molecule has 0 spiro atoms. The van der Waals surface area contributed by atoms with E-state index >= 15 is 0 Å². The minimum atomic E-state index is 0.673. The van der Waals surface area contributed by atoms with Gasteiger partial charge in [-0.25, -0.2) is 0 Å². The zero-order valence-corrected chi connectivity index (χ0v) is 9.85. The molecule has 0 aliphatic carbocycles. The Bertz CT molecular complexity index is 72.6. The van der Waals surface area contributed by atoms with Crippen molar-refractivity contribution in [3.63, 3.8) is 0 Å². The van der Waals surface area contributed by atoms with E-state index in [4.69, 9.17) is 0 Å². The average molecular weight is 232 g/mol. The third-order valence-electron chi connectivity index (χ3n) is 2.37. The molecule has 0 fully saturated rings. The van der Waals surface area contributed by atoms with Gasteiger partial charge < -0.3 is 0 Å². The Morgan fingerprint density at radius 2 is 1.56 bits per heavy atom. The molecule has 9 heavy (non-hydrogen) atoms. The van der Waals surface area contributed by atoms with Gasteiger partial charge in [0, 0.05) is 0 Å². The van der Waals surface area contributed by atoms with Crippen LogP contribution in [0.3, 0.4) is 0 Å². The molecule has 0 aliphatic rings. The molecule has 0 saturated carbocycles. The molecule has 53 valence electrons. The van der Waals surface area contributed by atoms with Crippen LogP contribution < -0.4 is 0 Å². The summed E-state index contributed by atoms with van der Waals surface area (Å²) in [5.74, 6) is 0.866. The van der Waals surface area contributed by atoms with Gasteiger partial charge in [0.05, 0.1) is 0 Å². The molecule has 0 nitrogen and oxygen atoms in total. The van der Waals surface area contributed by atoms with Gasteiger partial charge in [0.15, 0.2) is 0 Å². The van der Waals surface area contributed by atoms with Crippen LogP contribution in [0.1, 0.15) is 40.5 Å². The Hall–Kier alpha value is 0.799. The molecule has 0 heterocycles. The second-order valence-electron chi connectivity index (χ2n) is 3.02. The summed E-state index contributed by atoms with van der Waals surface area (Å²) in [7, 11) is 0. The van der Waals surface area contributed by atoms with Crippen molar-refractivity contribution in [3.8, 4) is 0 Å². The molecule has 3 radical (unpaired) electrons. The van der Waals surface area contributed by atoms with Crippen LogP contribution in [0.25, 0.3) is 0 Å². The van der Waals surface area contributed by atoms with E-state index < -0.39 is 0 Å². The molecule has 0 aliphatic heterocycles. The zero-order chi connectivity index (χ0) is 7.49. The van der Waals surface area contributed by atoms with Crippen LogP contribution in [-0.4, -0.2) is 22.5 Å². The summed E-state index contributed by atoms with van der Waals surface area (Å²) in [6.07, 6.45) is 2.69. The summed E-state index contributed by atoms with van der Waals surface area (Å²) in [6, 6.07) is 0. The summed E-state index contributed by atoms with van der Waals surface area (Å²) >= 11 is 1.71. The molecule has 0 aromatic carbocycles. The number of hydrogen-bond donors (Lipinski definition) is 0. The molecule has 0 saturated heterocycles. The number of hydrogen-bond acceptors (Lipinski definition) is 0. The van der Waals surface area contributed by atoms with Gasteiger partial charge in [0.2, 0.25) is 0 Å². The van der Waals surface area contributed by atoms with Crippen LogP contribution in [0.4, 0.5) is 0 Å². The first kappa shape index (κ1) is 9.80. The maximum atomic E-state index is 2.34. The van der Waals surface area contributed by atoms with Gasteiger partial charge in [-0.1, -0.05) is 0 Å². The standard InChI is InChI=1S/C8H17.Sn/c1-5-8(6-2)7(3)4;/h7H,5-6H2,1-4H3;. The van der Waals surface area contributed by atoms with Crippen molar-refractivity contribution in [1.29, 1.82) is 0 Å². The van der Waals surface area contributed by atoms with Gasteiger partial charge in [-0.05, 0) is 0 Å². The van der Waals surface area contributed by atoms with E-state index in [-0.39, 0.29) is 0 Å². The molecule has 0 bridgehead atoms. The first-order valence-electron chi connectivity index (χ1n) is 3.81. The van der Waals surface area contributed by atoms with Crippen LogP contribution in [0.15, 0.2) is 0 Å². The fraction of sp³-hybridized carbons (Fsp3) is 1.00. The fourth-order valence-electron chi connectivity index (χ4n) is 1.07. The Morgan fingerprint density at radius 3 is 1.56 bits per heavy atom. The van der Waals surface area contributed by atoms with E-state index in [1.54, 1.807) is 22.5 Å². The Morgan fingerprint density at radius 1 is 1.22 bits per heavy atom. The average Bonchev–Trinajstić information content (AvgIpc) is 1.86. The number of rotatable bonds is 3. The van der Waals surface area contributed by atoms with E-state index in [1.807, 2.05) is 0 Å². The Balaban J connectivity index is 3.92. The van der Waals surface area contributed by atoms with Crippen molar-refractivity contribution in [2.24, 2.45) is 5.92 Å². The van der Waals surface area contributed by atoms with Gasteiger partial charge in [-0.3, -0.25) is 0 Å². The topological polar surface area (TPSA) is 0 Å². The molecule has 0 aromatic rings. The molecule has 0 rings (SSSR count). The van der Waals surface area contributed by atoms with Crippen molar-refractivity contribution in [1.82, 2.24) is 0 Å². The van der Waals surface area contributed by atoms with Gasteiger partial charge >= 0.3 is 72.4 Å². The SMILES string of the molecule is CC[C]([Sn])(CC)C(C)C. The van der Waals surface area contributed by atoms with Crippen molar-refractivity contribution in [3.05, 3.63) is 0 Å². The Labute approximate surface area is 72.5 Å². The van der Waals surface area contributed by atoms with Crippen molar-refractivity contribution >= 4 is 22.5 Å². The molecule has 0 unspecified atom stereocenters. The van der Waals surface area contributed by atoms with Crippen LogP contribution in [0.2, 0.25) is 3.43 Å². The molecule has 0 atom stereocenters. The molecule has 0 N–H and O–H groups in total. The summed E-state index contributed by atoms with van der Waals surface area (Å²) in [6.45, 7) is 9.28. The molecule has 0 aromatic heterocycles. The first-order valence-corrected chi connectivity index (χ1v) is 5.24. The van der Waals surface area contributed by atoms with Crippen molar-refractivity contribution < 1.29 is 0 Å². The van der Waals surface area contributed by atoms with Gasteiger partial charge in [0.1, 0.15) is 0 Å². The first-order chi connectivity index (χ1) is 4.06. The summed E-state index contributed by atoms with van der Waals surface area (Å²) in [4.78, 5) is 0. The monoisotopic (exact) mass is 233 g/mol. The summed E-state index contributed by atoms with van der Waals surface area (Å²) in [5, 5.41) is 0. The van der Waals surface area contributed by atoms with Gasteiger partial charge in [0.25, 0.3) is 0 Å². The van der Waals surface area contributed by atoms with E-state index in [1.165, 1.54) is 12.8 Å². The van der Waals surface area contributed by atoms with E-state index in [0.717, 1.165) is 5.92 Å².